The lowest BCUT2D eigenvalue weighted by atomic mass is 10.1. The molecule has 2 aromatic carbocycles. The predicted molar refractivity (Wildman–Crippen MR) is 117 cm³/mol. The van der Waals surface area contributed by atoms with Gasteiger partial charge in [-0.3, -0.25) is 9.10 Å². The van der Waals surface area contributed by atoms with Crippen molar-refractivity contribution in [3.05, 3.63) is 74.9 Å². The highest BCUT2D eigenvalue weighted by molar-refractivity contribution is 7.92. The molecule has 0 N–H and O–H groups in total. The van der Waals surface area contributed by atoms with Gasteiger partial charge in [-0.05, 0) is 73.5 Å². The first kappa shape index (κ1) is 21.4. The summed E-state index contributed by atoms with van der Waals surface area (Å²) in [5, 5.41) is 0. The predicted octanol–water partition coefficient (Wildman–Crippen LogP) is 5.11. The Morgan fingerprint density at radius 2 is 1.72 bits per heavy atom. The summed E-state index contributed by atoms with van der Waals surface area (Å²) in [7, 11) is -2.17. The minimum absolute atomic E-state index is 0.118. The minimum atomic E-state index is -3.68. The molecule has 152 valence electrons. The van der Waals surface area contributed by atoms with E-state index in [-0.39, 0.29) is 17.3 Å². The van der Waals surface area contributed by atoms with Crippen molar-refractivity contribution >= 4 is 44.4 Å². The van der Waals surface area contributed by atoms with E-state index in [1.165, 1.54) is 22.7 Å². The summed E-state index contributed by atoms with van der Waals surface area (Å²) in [5.41, 5.74) is 2.44. The van der Waals surface area contributed by atoms with Crippen molar-refractivity contribution in [3.8, 4) is 5.75 Å². The molecule has 3 rings (SSSR count). The Hall–Kier alpha value is -2.35. The number of benzene rings is 2. The molecule has 1 heterocycles. The van der Waals surface area contributed by atoms with Gasteiger partial charge in [0.1, 0.15) is 5.75 Å². The lowest BCUT2D eigenvalue weighted by molar-refractivity contribution is 0.0925. The van der Waals surface area contributed by atoms with Crippen LogP contribution in [-0.4, -0.2) is 27.9 Å². The Kier molecular flexibility index (Phi) is 6.31. The van der Waals surface area contributed by atoms with Crippen molar-refractivity contribution in [1.29, 1.82) is 0 Å². The number of rotatable bonds is 7. The molecule has 3 aromatic rings. The number of ether oxygens (including phenoxy) is 1. The molecular formula is C21H20ClNO4S2. The topological polar surface area (TPSA) is 63.7 Å². The summed E-state index contributed by atoms with van der Waals surface area (Å²) in [6, 6.07) is 14.9. The van der Waals surface area contributed by atoms with Crippen molar-refractivity contribution in [1.82, 2.24) is 0 Å². The van der Waals surface area contributed by atoms with E-state index in [2.05, 4.69) is 0 Å². The highest BCUT2D eigenvalue weighted by Gasteiger charge is 2.21. The molecule has 0 fully saturated rings. The first-order valence-corrected chi connectivity index (χ1v) is 11.4. The second-order valence-corrected chi connectivity index (χ2v) is 10.2. The van der Waals surface area contributed by atoms with Gasteiger partial charge >= 0.3 is 0 Å². The number of hydrogen-bond acceptors (Lipinski definition) is 5. The van der Waals surface area contributed by atoms with Crippen LogP contribution in [0.25, 0.3) is 0 Å². The van der Waals surface area contributed by atoms with Crippen LogP contribution in [0.4, 0.5) is 5.69 Å². The van der Waals surface area contributed by atoms with Crippen LogP contribution in [0.5, 0.6) is 5.75 Å². The van der Waals surface area contributed by atoms with Gasteiger partial charge in [-0.15, -0.1) is 11.3 Å². The van der Waals surface area contributed by atoms with Crippen molar-refractivity contribution in [2.24, 2.45) is 0 Å². The Bertz CT molecular complexity index is 1140. The number of carbonyl (C=O) groups is 1. The van der Waals surface area contributed by atoms with Gasteiger partial charge in [0.2, 0.25) is 5.78 Å². The molecule has 0 saturated heterocycles. The highest BCUT2D eigenvalue weighted by atomic mass is 35.5. The summed E-state index contributed by atoms with van der Waals surface area (Å²) < 4.78 is 33.1. The Morgan fingerprint density at radius 1 is 1.03 bits per heavy atom. The first-order valence-electron chi connectivity index (χ1n) is 8.76. The van der Waals surface area contributed by atoms with Gasteiger partial charge in [-0.25, -0.2) is 8.42 Å². The van der Waals surface area contributed by atoms with Crippen LogP contribution in [0.3, 0.4) is 0 Å². The lowest BCUT2D eigenvalue weighted by Gasteiger charge is -2.20. The Labute approximate surface area is 179 Å². The number of sulfonamides is 1. The SMILES string of the molecule is Cc1ccc(S(=O)(=O)N(C)c2ccc(OCC(=O)c3ccc(Cl)s3)cc2)cc1C. The van der Waals surface area contributed by atoms with Crippen LogP contribution < -0.4 is 9.04 Å². The van der Waals surface area contributed by atoms with Gasteiger partial charge in [-0.1, -0.05) is 17.7 Å². The zero-order valence-corrected chi connectivity index (χ0v) is 18.6. The van der Waals surface area contributed by atoms with E-state index in [1.54, 1.807) is 54.6 Å². The average Bonchev–Trinajstić information content (AvgIpc) is 3.14. The summed E-state index contributed by atoms with van der Waals surface area (Å²) in [5.74, 6) is 0.308. The van der Waals surface area contributed by atoms with Gasteiger partial charge in [-0.2, -0.15) is 0 Å². The number of halogens is 1. The quantitative estimate of drug-likeness (QED) is 0.470. The molecule has 0 bridgehead atoms. The van der Waals surface area contributed by atoms with Gasteiger partial charge in [0.05, 0.1) is 19.8 Å². The standard InChI is InChI=1S/C21H20ClNO4S2/c1-14-4-9-18(12-15(14)2)29(25,26)23(3)16-5-7-17(8-6-16)27-13-19(24)20-10-11-21(22)28-20/h4-12H,13H2,1-3H3. The molecule has 1 aromatic heterocycles. The average molecular weight is 450 g/mol. The van der Waals surface area contributed by atoms with Gasteiger partial charge in [0, 0.05) is 7.05 Å². The zero-order valence-electron chi connectivity index (χ0n) is 16.2. The molecular weight excluding hydrogens is 430 g/mol. The van der Waals surface area contributed by atoms with Crippen LogP contribution in [0, 0.1) is 13.8 Å². The van der Waals surface area contributed by atoms with E-state index < -0.39 is 10.0 Å². The van der Waals surface area contributed by atoms with Crippen molar-refractivity contribution < 1.29 is 17.9 Å². The van der Waals surface area contributed by atoms with Crippen molar-refractivity contribution in [2.45, 2.75) is 18.7 Å². The summed E-state index contributed by atoms with van der Waals surface area (Å²) in [4.78, 5) is 12.9. The van der Waals surface area contributed by atoms with E-state index in [1.807, 2.05) is 13.8 Å². The second-order valence-electron chi connectivity index (χ2n) is 6.53. The number of aryl methyl sites for hydroxylation is 2. The van der Waals surface area contributed by atoms with E-state index in [0.29, 0.717) is 20.7 Å². The second kappa shape index (κ2) is 8.57. The monoisotopic (exact) mass is 449 g/mol. The molecule has 0 atom stereocenters. The fourth-order valence-corrected chi connectivity index (χ4v) is 4.86. The summed E-state index contributed by atoms with van der Waals surface area (Å²) in [6.45, 7) is 3.70. The van der Waals surface area contributed by atoms with Gasteiger partial charge in [0.15, 0.2) is 6.61 Å². The smallest absolute Gasteiger partial charge is 0.264 e. The number of nitrogens with zero attached hydrogens (tertiary/aromatic N) is 1. The molecule has 0 spiro atoms. The van der Waals surface area contributed by atoms with Crippen LogP contribution in [0.2, 0.25) is 4.34 Å². The van der Waals surface area contributed by atoms with Crippen molar-refractivity contribution in [2.75, 3.05) is 18.0 Å². The molecule has 0 amide bonds. The molecule has 0 radical (unpaired) electrons. The Balaban J connectivity index is 1.70. The molecule has 5 nitrogen and oxygen atoms in total. The van der Waals surface area contributed by atoms with E-state index in [9.17, 15) is 13.2 Å². The first-order chi connectivity index (χ1) is 13.7. The largest absolute Gasteiger partial charge is 0.485 e. The fraction of sp³-hybridized carbons (Fsp3) is 0.190. The molecule has 0 aliphatic heterocycles. The van der Waals surface area contributed by atoms with Gasteiger partial charge in [0.25, 0.3) is 10.0 Å². The maximum atomic E-state index is 12.9. The number of ketones is 1. The molecule has 0 unspecified atom stereocenters. The third-order valence-corrected chi connectivity index (χ3v) is 7.61. The summed E-state index contributed by atoms with van der Waals surface area (Å²) in [6.07, 6.45) is 0. The van der Waals surface area contributed by atoms with E-state index in [4.69, 9.17) is 16.3 Å². The number of Topliss-reactive ketones (excluding diaryl/α,β-unsaturated/α-hetero) is 1. The molecule has 0 saturated carbocycles. The number of carbonyl (C=O) groups excluding carboxylic acids is 1. The van der Waals surface area contributed by atoms with E-state index >= 15 is 0 Å². The van der Waals surface area contributed by atoms with Crippen LogP contribution in [0.1, 0.15) is 20.8 Å². The van der Waals surface area contributed by atoms with Crippen molar-refractivity contribution in [3.63, 3.8) is 0 Å². The maximum Gasteiger partial charge on any atom is 0.264 e. The van der Waals surface area contributed by atoms with Crippen LogP contribution in [0.15, 0.2) is 59.5 Å². The molecule has 29 heavy (non-hydrogen) atoms. The maximum absolute atomic E-state index is 12.9. The highest BCUT2D eigenvalue weighted by Crippen LogP contribution is 2.26. The normalized spacial score (nSPS) is 11.3. The van der Waals surface area contributed by atoms with Gasteiger partial charge < -0.3 is 4.74 Å². The van der Waals surface area contributed by atoms with E-state index in [0.717, 1.165) is 11.1 Å². The number of thiophene rings is 1. The fourth-order valence-electron chi connectivity index (χ4n) is 2.61. The molecule has 0 aliphatic rings. The number of anilines is 1. The summed E-state index contributed by atoms with van der Waals surface area (Å²) >= 11 is 7.04. The third kappa shape index (κ3) is 4.80. The lowest BCUT2D eigenvalue weighted by Crippen LogP contribution is -2.26. The Morgan fingerprint density at radius 3 is 2.31 bits per heavy atom. The van der Waals surface area contributed by atoms with Crippen LogP contribution in [-0.2, 0) is 10.0 Å². The third-order valence-electron chi connectivity index (χ3n) is 4.56. The zero-order chi connectivity index (χ0) is 21.2. The molecule has 0 aliphatic carbocycles. The number of hydrogen-bond donors (Lipinski definition) is 0. The molecule has 8 heteroatoms. The van der Waals surface area contributed by atoms with Crippen LogP contribution >= 0.6 is 22.9 Å². The minimum Gasteiger partial charge on any atom is -0.485 e.